The molecule has 0 saturated heterocycles. The highest BCUT2D eigenvalue weighted by Gasteiger charge is 1.94. The number of Topliss-reactive ketones (excluding diaryl/α,β-unsaturated/α-hetero) is 1. The molecule has 0 radical (unpaired) electrons. The maximum atomic E-state index is 10.7. The summed E-state index contributed by atoms with van der Waals surface area (Å²) in [6.45, 7) is 3.93. The summed E-state index contributed by atoms with van der Waals surface area (Å²) in [5, 5.41) is 0. The van der Waals surface area contributed by atoms with Crippen molar-refractivity contribution in [3.63, 3.8) is 0 Å². The second kappa shape index (κ2) is 14.5. The molecule has 0 aliphatic carbocycles. The zero-order valence-corrected chi connectivity index (χ0v) is 12.5. The molecule has 106 valence electrons. The third-order valence-corrected chi connectivity index (χ3v) is 3.29. The van der Waals surface area contributed by atoms with Crippen molar-refractivity contribution in [1.29, 1.82) is 0 Å². The molecule has 18 heavy (non-hydrogen) atoms. The lowest BCUT2D eigenvalue weighted by Gasteiger charge is -2.00. The third-order valence-electron chi connectivity index (χ3n) is 3.29. The lowest BCUT2D eigenvalue weighted by molar-refractivity contribution is -0.117. The number of hydrogen-bond donors (Lipinski definition) is 0. The summed E-state index contributed by atoms with van der Waals surface area (Å²) in [4.78, 5) is 10.7. The monoisotopic (exact) mass is 252 g/mol. The first kappa shape index (κ1) is 17.4. The molecule has 0 rings (SSSR count). The summed E-state index contributed by atoms with van der Waals surface area (Å²) in [7, 11) is 0. The van der Waals surface area contributed by atoms with Crippen LogP contribution >= 0.6 is 0 Å². The SMILES string of the molecule is CCCC/C=C/CCCCCCCCCC(C)=O. The maximum absolute atomic E-state index is 10.7. The van der Waals surface area contributed by atoms with E-state index < -0.39 is 0 Å². The Bertz CT molecular complexity index is 206. The van der Waals surface area contributed by atoms with Crippen molar-refractivity contribution in [3.8, 4) is 0 Å². The van der Waals surface area contributed by atoms with E-state index in [1.54, 1.807) is 6.92 Å². The van der Waals surface area contributed by atoms with Gasteiger partial charge in [-0.3, -0.25) is 0 Å². The summed E-state index contributed by atoms with van der Waals surface area (Å²) >= 11 is 0. The minimum Gasteiger partial charge on any atom is -0.300 e. The molecule has 0 aliphatic heterocycles. The smallest absolute Gasteiger partial charge is 0.129 e. The summed E-state index contributed by atoms with van der Waals surface area (Å²) in [6, 6.07) is 0. The predicted octanol–water partition coefficient (Wildman–Crippen LogP) is 5.83. The lowest BCUT2D eigenvalue weighted by Crippen LogP contribution is -1.89. The molecule has 0 saturated carbocycles. The van der Waals surface area contributed by atoms with Crippen LogP contribution in [0.25, 0.3) is 0 Å². The first-order valence-corrected chi connectivity index (χ1v) is 7.91. The van der Waals surface area contributed by atoms with E-state index in [1.807, 2.05) is 0 Å². The molecule has 0 spiro atoms. The molecule has 0 bridgehead atoms. The molecule has 0 heterocycles. The average Bonchev–Trinajstić information content (AvgIpc) is 2.34. The molecule has 1 nitrogen and oxygen atoms in total. The number of hydrogen-bond acceptors (Lipinski definition) is 1. The normalized spacial score (nSPS) is 11.2. The highest BCUT2D eigenvalue weighted by molar-refractivity contribution is 5.75. The molecule has 0 aromatic heterocycles. The molecule has 0 N–H and O–H groups in total. The predicted molar refractivity (Wildman–Crippen MR) is 80.9 cm³/mol. The van der Waals surface area contributed by atoms with Crippen LogP contribution < -0.4 is 0 Å². The number of carbonyl (C=O) groups is 1. The topological polar surface area (TPSA) is 17.1 Å². The van der Waals surface area contributed by atoms with Crippen LogP contribution in [-0.4, -0.2) is 5.78 Å². The van der Waals surface area contributed by atoms with Gasteiger partial charge in [0.1, 0.15) is 5.78 Å². The Balaban J connectivity index is 3.03. The first-order chi connectivity index (χ1) is 8.77. The van der Waals surface area contributed by atoms with Crippen LogP contribution in [0.2, 0.25) is 0 Å². The Hall–Kier alpha value is -0.590. The number of unbranched alkanes of at least 4 members (excludes halogenated alkanes) is 9. The Kier molecular flexibility index (Phi) is 14.0. The minimum absolute atomic E-state index is 0.338. The number of allylic oxidation sites excluding steroid dienone is 2. The Morgan fingerprint density at radius 1 is 0.778 bits per heavy atom. The van der Waals surface area contributed by atoms with Gasteiger partial charge in [-0.05, 0) is 32.6 Å². The van der Waals surface area contributed by atoms with E-state index in [0.717, 1.165) is 12.8 Å². The van der Waals surface area contributed by atoms with Crippen molar-refractivity contribution >= 4 is 5.78 Å². The van der Waals surface area contributed by atoms with Gasteiger partial charge < -0.3 is 4.79 Å². The highest BCUT2D eigenvalue weighted by atomic mass is 16.1. The van der Waals surface area contributed by atoms with Crippen molar-refractivity contribution in [3.05, 3.63) is 12.2 Å². The van der Waals surface area contributed by atoms with Gasteiger partial charge in [-0.2, -0.15) is 0 Å². The van der Waals surface area contributed by atoms with E-state index in [2.05, 4.69) is 19.1 Å². The molecule has 0 unspecified atom stereocenters. The molecular formula is C17H32O. The molecule has 0 aromatic rings. The van der Waals surface area contributed by atoms with Crippen molar-refractivity contribution in [1.82, 2.24) is 0 Å². The molecule has 0 atom stereocenters. The molecule has 0 fully saturated rings. The van der Waals surface area contributed by atoms with E-state index in [4.69, 9.17) is 0 Å². The molecule has 0 aliphatic rings. The first-order valence-electron chi connectivity index (χ1n) is 7.91. The quantitative estimate of drug-likeness (QED) is 0.297. The summed E-state index contributed by atoms with van der Waals surface area (Å²) in [5.74, 6) is 0.338. The van der Waals surface area contributed by atoms with Gasteiger partial charge >= 0.3 is 0 Å². The fourth-order valence-electron chi connectivity index (χ4n) is 2.08. The van der Waals surface area contributed by atoms with Gasteiger partial charge in [-0.1, -0.05) is 64.0 Å². The van der Waals surface area contributed by atoms with Gasteiger partial charge in [-0.15, -0.1) is 0 Å². The zero-order valence-electron chi connectivity index (χ0n) is 12.5. The van der Waals surface area contributed by atoms with E-state index in [0.29, 0.717) is 5.78 Å². The van der Waals surface area contributed by atoms with Gasteiger partial charge in [0.25, 0.3) is 0 Å². The van der Waals surface area contributed by atoms with Crippen LogP contribution in [0.1, 0.15) is 90.9 Å². The van der Waals surface area contributed by atoms with E-state index in [9.17, 15) is 4.79 Å². The van der Waals surface area contributed by atoms with Crippen LogP contribution in [0.4, 0.5) is 0 Å². The molecule has 0 amide bonds. The highest BCUT2D eigenvalue weighted by Crippen LogP contribution is 2.10. The second-order valence-electron chi connectivity index (χ2n) is 5.33. The summed E-state index contributed by atoms with van der Waals surface area (Å²) in [6.07, 6.45) is 19.7. The summed E-state index contributed by atoms with van der Waals surface area (Å²) < 4.78 is 0. The maximum Gasteiger partial charge on any atom is 0.129 e. The van der Waals surface area contributed by atoms with Crippen LogP contribution in [0.15, 0.2) is 12.2 Å². The number of ketones is 1. The molecular weight excluding hydrogens is 220 g/mol. The Morgan fingerprint density at radius 2 is 1.28 bits per heavy atom. The van der Waals surface area contributed by atoms with Crippen molar-refractivity contribution < 1.29 is 4.79 Å². The van der Waals surface area contributed by atoms with Gasteiger partial charge in [0.15, 0.2) is 0 Å². The number of rotatable bonds is 13. The lowest BCUT2D eigenvalue weighted by atomic mass is 10.1. The Labute approximate surface area is 114 Å². The van der Waals surface area contributed by atoms with Gasteiger partial charge in [-0.25, -0.2) is 0 Å². The standard InChI is InChI=1S/C17H32O/c1-3-4-5-6-7-8-9-10-11-12-13-14-15-16-17(2)18/h6-7H,3-5,8-16H2,1-2H3/b7-6+. The Morgan fingerprint density at radius 3 is 1.83 bits per heavy atom. The molecule has 0 aromatic carbocycles. The summed E-state index contributed by atoms with van der Waals surface area (Å²) in [5.41, 5.74) is 0. The van der Waals surface area contributed by atoms with Gasteiger partial charge in [0.2, 0.25) is 0 Å². The fourth-order valence-corrected chi connectivity index (χ4v) is 2.08. The third kappa shape index (κ3) is 15.4. The van der Waals surface area contributed by atoms with E-state index in [1.165, 1.54) is 64.2 Å². The number of carbonyl (C=O) groups excluding carboxylic acids is 1. The van der Waals surface area contributed by atoms with Crippen molar-refractivity contribution in [2.75, 3.05) is 0 Å². The second-order valence-corrected chi connectivity index (χ2v) is 5.33. The van der Waals surface area contributed by atoms with Gasteiger partial charge in [0.05, 0.1) is 0 Å². The minimum atomic E-state index is 0.338. The van der Waals surface area contributed by atoms with E-state index in [-0.39, 0.29) is 0 Å². The van der Waals surface area contributed by atoms with Crippen LogP contribution in [0, 0.1) is 0 Å². The molecule has 1 heteroatoms. The van der Waals surface area contributed by atoms with Gasteiger partial charge in [0, 0.05) is 6.42 Å². The largest absolute Gasteiger partial charge is 0.300 e. The van der Waals surface area contributed by atoms with Crippen molar-refractivity contribution in [2.24, 2.45) is 0 Å². The van der Waals surface area contributed by atoms with Crippen LogP contribution in [-0.2, 0) is 4.79 Å². The van der Waals surface area contributed by atoms with E-state index >= 15 is 0 Å². The van der Waals surface area contributed by atoms with Crippen LogP contribution in [0.5, 0.6) is 0 Å². The van der Waals surface area contributed by atoms with Crippen molar-refractivity contribution in [2.45, 2.75) is 90.9 Å². The zero-order chi connectivity index (χ0) is 13.5. The van der Waals surface area contributed by atoms with Crippen LogP contribution in [0.3, 0.4) is 0 Å². The fraction of sp³-hybridized carbons (Fsp3) is 0.824. The average molecular weight is 252 g/mol.